The van der Waals surface area contributed by atoms with E-state index in [9.17, 15) is 28.2 Å². The van der Waals surface area contributed by atoms with Crippen LogP contribution >= 0.6 is 11.8 Å². The monoisotopic (exact) mass is 684 g/mol. The van der Waals surface area contributed by atoms with Gasteiger partial charge >= 0.3 is 12.0 Å². The second kappa shape index (κ2) is 14.9. The number of rotatable bonds is 13. The molecule has 0 aliphatic heterocycles. The predicted molar refractivity (Wildman–Crippen MR) is 185 cm³/mol. The van der Waals surface area contributed by atoms with Crippen molar-refractivity contribution in [1.29, 1.82) is 0 Å². The zero-order valence-electron chi connectivity index (χ0n) is 26.5. The molecule has 12 heteroatoms. The number of hydrogen-bond acceptors (Lipinski definition) is 7. The number of sulfonamides is 1. The van der Waals surface area contributed by atoms with Crippen molar-refractivity contribution in [2.75, 3.05) is 6.26 Å². The highest BCUT2D eigenvalue weighted by molar-refractivity contribution is 7.98. The molecular weight excluding hydrogens is 649 g/mol. The van der Waals surface area contributed by atoms with E-state index in [1.807, 2.05) is 49.4 Å². The van der Waals surface area contributed by atoms with Gasteiger partial charge in [0, 0.05) is 30.6 Å². The number of carboxylic acids is 1. The zero-order valence-corrected chi connectivity index (χ0v) is 28.1. The fourth-order valence-electron chi connectivity index (χ4n) is 5.50. The van der Waals surface area contributed by atoms with E-state index < -0.39 is 27.6 Å². The maximum atomic E-state index is 13.3. The Hall–Kier alpha value is -4.91. The highest BCUT2D eigenvalue weighted by atomic mass is 32.2. The van der Waals surface area contributed by atoms with Crippen LogP contribution in [0.15, 0.2) is 119 Å². The summed E-state index contributed by atoms with van der Waals surface area (Å²) in [6, 6.07) is 30.2. The second-order valence-corrected chi connectivity index (χ2v) is 13.5. The molecular formula is C36H36N4O6S2. The van der Waals surface area contributed by atoms with E-state index in [1.54, 1.807) is 71.5 Å². The molecule has 0 aliphatic carbocycles. The molecule has 0 saturated carbocycles. The lowest BCUT2D eigenvalue weighted by atomic mass is 9.90. The molecule has 10 nitrogen and oxygen atoms in total. The van der Waals surface area contributed by atoms with Gasteiger partial charge in [0.15, 0.2) is 0 Å². The highest BCUT2D eigenvalue weighted by Gasteiger charge is 2.46. The number of benzene rings is 4. The Balaban J connectivity index is 1.45. The highest BCUT2D eigenvalue weighted by Crippen LogP contribution is 2.38. The van der Waals surface area contributed by atoms with Crippen molar-refractivity contribution >= 4 is 33.8 Å². The molecule has 0 bridgehead atoms. The van der Waals surface area contributed by atoms with Crippen LogP contribution in [0.5, 0.6) is 0 Å². The Morgan fingerprint density at radius 1 is 0.875 bits per heavy atom. The first kappa shape index (κ1) is 34.4. The van der Waals surface area contributed by atoms with Gasteiger partial charge in [-0.15, -0.1) is 11.8 Å². The Labute approximate surface area is 283 Å². The number of nitrogens with zero attached hydrogens (tertiary/aromatic N) is 2. The number of carbonyl (C=O) groups is 2. The minimum Gasteiger partial charge on any atom is -0.479 e. The lowest BCUT2D eigenvalue weighted by Crippen LogP contribution is -2.39. The number of carbonyl (C=O) groups excluding carboxylic acids is 1. The molecule has 5 rings (SSSR count). The van der Waals surface area contributed by atoms with E-state index in [1.165, 1.54) is 17.8 Å². The quantitative estimate of drug-likeness (QED) is 0.114. The smallest absolute Gasteiger partial charge is 0.346 e. The van der Waals surface area contributed by atoms with Crippen LogP contribution in [-0.4, -0.2) is 46.4 Å². The van der Waals surface area contributed by atoms with Gasteiger partial charge in [0.05, 0.1) is 4.90 Å². The number of amides is 2. The van der Waals surface area contributed by atoms with Crippen LogP contribution in [0.25, 0.3) is 11.1 Å². The molecule has 248 valence electrons. The third-order valence-corrected chi connectivity index (χ3v) is 9.89. The van der Waals surface area contributed by atoms with Crippen LogP contribution in [0.2, 0.25) is 0 Å². The summed E-state index contributed by atoms with van der Waals surface area (Å²) >= 11 is 1.27. The van der Waals surface area contributed by atoms with Crippen molar-refractivity contribution in [3.8, 4) is 11.1 Å². The zero-order chi connectivity index (χ0) is 34.3. The second-order valence-electron chi connectivity index (χ2n) is 11.1. The van der Waals surface area contributed by atoms with Gasteiger partial charge in [-0.1, -0.05) is 110 Å². The Kier molecular flexibility index (Phi) is 10.7. The summed E-state index contributed by atoms with van der Waals surface area (Å²) in [5.74, 6) is -0.770. The normalized spacial score (nSPS) is 12.6. The molecule has 4 aromatic carbocycles. The Morgan fingerprint density at radius 2 is 1.50 bits per heavy atom. The summed E-state index contributed by atoms with van der Waals surface area (Å²) in [4.78, 5) is 30.0. The summed E-state index contributed by atoms with van der Waals surface area (Å²) in [6.07, 6.45) is 3.11. The topological polar surface area (TPSA) is 151 Å². The minimum atomic E-state index is -4.23. The van der Waals surface area contributed by atoms with E-state index in [2.05, 4.69) is 10.0 Å². The van der Waals surface area contributed by atoms with E-state index in [0.717, 1.165) is 17.5 Å². The largest absolute Gasteiger partial charge is 0.479 e. The van der Waals surface area contributed by atoms with Crippen LogP contribution in [-0.2, 0) is 39.9 Å². The molecule has 4 N–H and O–H groups in total. The van der Waals surface area contributed by atoms with Gasteiger partial charge in [-0.3, -0.25) is 0 Å². The number of aromatic nitrogens is 2. The van der Waals surface area contributed by atoms with Gasteiger partial charge in [0.1, 0.15) is 16.5 Å². The molecule has 1 heterocycles. The molecule has 1 atom stereocenters. The molecule has 0 saturated heterocycles. The van der Waals surface area contributed by atoms with Gasteiger partial charge in [-0.25, -0.2) is 27.7 Å². The molecule has 1 unspecified atom stereocenters. The van der Waals surface area contributed by atoms with Crippen LogP contribution in [0.1, 0.15) is 41.6 Å². The average Bonchev–Trinajstić information content (AvgIpc) is 3.45. The first-order chi connectivity index (χ1) is 23.1. The predicted octanol–water partition coefficient (Wildman–Crippen LogP) is 5.78. The molecule has 2 amide bonds. The van der Waals surface area contributed by atoms with Crippen LogP contribution in [0, 0.1) is 0 Å². The summed E-state index contributed by atoms with van der Waals surface area (Å²) in [6.45, 7) is 2.38. The van der Waals surface area contributed by atoms with E-state index in [-0.39, 0.29) is 29.2 Å². The van der Waals surface area contributed by atoms with Crippen LogP contribution < -0.4 is 10.0 Å². The average molecular weight is 685 g/mol. The summed E-state index contributed by atoms with van der Waals surface area (Å²) in [5.41, 5.74) is 0.638. The Morgan fingerprint density at radius 3 is 2.12 bits per heavy atom. The summed E-state index contributed by atoms with van der Waals surface area (Å²) in [7, 11) is -4.23. The van der Waals surface area contributed by atoms with Gasteiger partial charge in [0.2, 0.25) is 5.60 Å². The van der Waals surface area contributed by atoms with Crippen molar-refractivity contribution in [3.05, 3.63) is 137 Å². The molecule has 0 radical (unpaired) electrons. The maximum absolute atomic E-state index is 13.3. The SMILES string of the molecule is CCCc1nc(SC)c(C(O)(C(=O)O)c2ccccc2)n1Cc1ccc(-c2ccccc2S(=O)(=O)NC(=O)NCc2ccccc2)cc1. The first-order valence-corrected chi connectivity index (χ1v) is 18.0. The molecule has 1 aromatic heterocycles. The fourth-order valence-corrected chi connectivity index (χ4v) is 7.30. The minimum absolute atomic E-state index is 0.0614. The molecule has 0 fully saturated rings. The lowest BCUT2D eigenvalue weighted by molar-refractivity contribution is -0.155. The van der Waals surface area contributed by atoms with Crippen LogP contribution in [0.3, 0.4) is 0 Å². The van der Waals surface area contributed by atoms with Gasteiger partial charge < -0.3 is 20.1 Å². The number of aliphatic hydroxyl groups is 1. The number of thioether (sulfide) groups is 1. The molecule has 48 heavy (non-hydrogen) atoms. The van der Waals surface area contributed by atoms with Gasteiger partial charge in [0.25, 0.3) is 10.0 Å². The van der Waals surface area contributed by atoms with E-state index >= 15 is 0 Å². The van der Waals surface area contributed by atoms with Crippen molar-refractivity contribution < 1.29 is 28.2 Å². The van der Waals surface area contributed by atoms with Gasteiger partial charge in [-0.05, 0) is 35.4 Å². The molecule has 0 spiro atoms. The first-order valence-electron chi connectivity index (χ1n) is 15.3. The summed E-state index contributed by atoms with van der Waals surface area (Å²) < 4.78 is 30.5. The van der Waals surface area contributed by atoms with Crippen molar-refractivity contribution in [2.45, 2.75) is 48.4 Å². The van der Waals surface area contributed by atoms with Crippen molar-refractivity contribution in [1.82, 2.24) is 19.6 Å². The van der Waals surface area contributed by atoms with Crippen molar-refractivity contribution in [3.63, 3.8) is 0 Å². The standard InChI is InChI=1S/C36H36N4O6S2/c1-3-12-31-38-33(47-2)32(36(44,34(41)42)28-15-8-5-9-16-28)40(31)24-26-19-21-27(22-20-26)29-17-10-11-18-30(29)48(45,46)39-35(43)37-23-25-13-6-4-7-14-25/h4-11,13-22,44H,3,12,23-24H2,1-2H3,(H,41,42)(H2,37,39,43). The number of carboxylic acid groups (broad SMARTS) is 1. The number of nitrogens with one attached hydrogen (secondary N) is 2. The number of urea groups is 1. The maximum Gasteiger partial charge on any atom is 0.346 e. The third-order valence-electron chi connectivity index (χ3n) is 7.83. The number of aryl methyl sites for hydroxylation is 1. The van der Waals surface area contributed by atoms with Crippen LogP contribution in [0.4, 0.5) is 4.79 Å². The number of aliphatic carboxylic acids is 1. The van der Waals surface area contributed by atoms with E-state index in [4.69, 9.17) is 4.98 Å². The number of hydrogen-bond donors (Lipinski definition) is 4. The molecule has 5 aromatic rings. The van der Waals surface area contributed by atoms with Gasteiger partial charge in [-0.2, -0.15) is 0 Å². The Bertz CT molecular complexity index is 2000. The van der Waals surface area contributed by atoms with E-state index in [0.29, 0.717) is 28.4 Å². The molecule has 0 aliphatic rings. The van der Waals surface area contributed by atoms with Crippen molar-refractivity contribution in [2.24, 2.45) is 0 Å². The third kappa shape index (κ3) is 7.30. The lowest BCUT2D eigenvalue weighted by Gasteiger charge is -2.27. The fraction of sp³-hybridized carbons (Fsp3) is 0.194. The number of imidazole rings is 1. The summed E-state index contributed by atoms with van der Waals surface area (Å²) in [5, 5.41) is 25.3.